The number of hydrogen-bond acceptors (Lipinski definition) is 2. The van der Waals surface area contributed by atoms with Gasteiger partial charge in [0.1, 0.15) is 11.3 Å². The molecule has 4 heteroatoms. The number of fused-ring (bicyclic) bond motifs is 3. The lowest BCUT2D eigenvalue weighted by Gasteiger charge is -2.27. The lowest BCUT2D eigenvalue weighted by molar-refractivity contribution is -0.658. The van der Waals surface area contributed by atoms with Crippen LogP contribution in [0.5, 0.6) is 0 Å². The number of aryl methyl sites for hydroxylation is 2. The Labute approximate surface area is 172 Å². The largest absolute Gasteiger partial charge is 0.457 e. The van der Waals surface area contributed by atoms with Gasteiger partial charge in [-0.15, -0.1) is 0 Å². The molecule has 0 unspecified atom stereocenters. The molecule has 0 amide bonds. The van der Waals surface area contributed by atoms with E-state index in [1.54, 1.807) is 0 Å². The Hall–Kier alpha value is -3.27. The van der Waals surface area contributed by atoms with Crippen LogP contribution in [0.2, 0.25) is 6.82 Å². The molecule has 2 aromatic carbocycles. The Morgan fingerprint density at radius 2 is 1.69 bits per heavy atom. The summed E-state index contributed by atoms with van der Waals surface area (Å²) in [5, 5.41) is 1.20. The lowest BCUT2D eigenvalue weighted by Crippen LogP contribution is -2.52. The average Bonchev–Trinajstić information content (AvgIpc) is 3.08. The van der Waals surface area contributed by atoms with Crippen LogP contribution in [0, 0.1) is 6.92 Å². The predicted molar refractivity (Wildman–Crippen MR) is 121 cm³/mol. The third kappa shape index (κ3) is 2.79. The van der Waals surface area contributed by atoms with E-state index in [1.165, 1.54) is 39.1 Å². The average molecular weight is 379 g/mol. The van der Waals surface area contributed by atoms with E-state index in [2.05, 4.69) is 97.9 Å². The number of pyridine rings is 1. The summed E-state index contributed by atoms with van der Waals surface area (Å²) in [6.07, 6.45) is 4.39. The highest BCUT2D eigenvalue weighted by Crippen LogP contribution is 2.31. The normalized spacial score (nSPS) is 13.6. The van der Waals surface area contributed by atoms with E-state index in [0.717, 1.165) is 11.3 Å². The first-order valence-corrected chi connectivity index (χ1v) is 10.1. The summed E-state index contributed by atoms with van der Waals surface area (Å²) in [5.74, 6) is 2.15. The molecule has 4 aromatic rings. The van der Waals surface area contributed by atoms with E-state index in [9.17, 15) is 0 Å². The molecule has 0 bridgehead atoms. The van der Waals surface area contributed by atoms with Gasteiger partial charge in [-0.3, -0.25) is 4.81 Å². The molecule has 0 fully saturated rings. The fourth-order valence-electron chi connectivity index (χ4n) is 4.63. The predicted octanol–water partition coefficient (Wildman–Crippen LogP) is 4.94. The van der Waals surface area contributed by atoms with Crippen molar-refractivity contribution in [1.82, 2.24) is 0 Å². The molecule has 142 valence electrons. The van der Waals surface area contributed by atoms with Crippen molar-refractivity contribution in [2.45, 2.75) is 20.7 Å². The van der Waals surface area contributed by atoms with Crippen LogP contribution in [0.3, 0.4) is 0 Å². The number of rotatable bonds is 2. The second kappa shape index (κ2) is 6.66. The van der Waals surface area contributed by atoms with Crippen molar-refractivity contribution < 1.29 is 8.98 Å². The van der Waals surface area contributed by atoms with Crippen molar-refractivity contribution >= 4 is 35.2 Å². The van der Waals surface area contributed by atoms with Gasteiger partial charge in [0.2, 0.25) is 0 Å². The molecule has 3 heterocycles. The van der Waals surface area contributed by atoms with Crippen LogP contribution in [0.4, 0.5) is 5.82 Å². The van der Waals surface area contributed by atoms with Crippen LogP contribution >= 0.6 is 0 Å². The number of aromatic nitrogens is 1. The van der Waals surface area contributed by atoms with E-state index in [-0.39, 0.29) is 6.85 Å². The van der Waals surface area contributed by atoms with E-state index in [4.69, 9.17) is 4.42 Å². The van der Waals surface area contributed by atoms with Crippen LogP contribution in [-0.4, -0.2) is 6.85 Å². The van der Waals surface area contributed by atoms with Crippen molar-refractivity contribution in [1.29, 1.82) is 0 Å². The zero-order chi connectivity index (χ0) is 20.1. The maximum absolute atomic E-state index is 6.15. The molecule has 1 aliphatic rings. The minimum atomic E-state index is 0.177. The van der Waals surface area contributed by atoms with Gasteiger partial charge in [-0.1, -0.05) is 48.5 Å². The molecule has 0 aliphatic carbocycles. The fourth-order valence-corrected chi connectivity index (χ4v) is 4.63. The van der Waals surface area contributed by atoms with Gasteiger partial charge in [-0.05, 0) is 43.4 Å². The number of nitrogens with zero attached hydrogens (tertiary/aromatic N) is 2. The van der Waals surface area contributed by atoms with Gasteiger partial charge in [-0.2, -0.15) is 0 Å². The standard InChI is InChI=1S/C25H24BN2O/c1-17-16-27(4)24(15-21(17)19-10-6-5-7-11-19)28-18(2)14-23-25(26(28)3)20-12-8-9-13-22(20)29-23/h5-16H,1-4H3/q+1. The van der Waals surface area contributed by atoms with Gasteiger partial charge >= 0.3 is 6.85 Å². The minimum Gasteiger partial charge on any atom is -0.457 e. The van der Waals surface area contributed by atoms with E-state index >= 15 is 0 Å². The van der Waals surface area contributed by atoms with Crippen LogP contribution in [0.1, 0.15) is 18.2 Å². The monoisotopic (exact) mass is 379 g/mol. The number of para-hydroxylation sites is 1. The van der Waals surface area contributed by atoms with Crippen LogP contribution in [0.25, 0.3) is 28.2 Å². The van der Waals surface area contributed by atoms with E-state index in [0.29, 0.717) is 0 Å². The van der Waals surface area contributed by atoms with Crippen molar-refractivity contribution in [3.8, 4) is 11.1 Å². The molecule has 0 saturated heterocycles. The summed E-state index contributed by atoms with van der Waals surface area (Å²) in [6, 6.07) is 21.2. The first kappa shape index (κ1) is 17.8. The molecule has 0 radical (unpaired) electrons. The molecule has 0 spiro atoms. The van der Waals surface area contributed by atoms with Crippen LogP contribution in [0.15, 0.2) is 77.0 Å². The topological polar surface area (TPSA) is 20.3 Å². The molecule has 29 heavy (non-hydrogen) atoms. The third-order valence-corrected chi connectivity index (χ3v) is 5.97. The third-order valence-electron chi connectivity index (χ3n) is 5.97. The van der Waals surface area contributed by atoms with E-state index < -0.39 is 0 Å². The summed E-state index contributed by atoms with van der Waals surface area (Å²) in [4.78, 5) is 2.41. The van der Waals surface area contributed by atoms with Gasteiger partial charge in [-0.25, -0.2) is 4.57 Å². The van der Waals surface area contributed by atoms with Gasteiger partial charge < -0.3 is 4.42 Å². The second-order valence-electron chi connectivity index (χ2n) is 7.91. The Balaban J connectivity index is 1.68. The molecule has 1 aliphatic heterocycles. The number of allylic oxidation sites excluding steroid dienone is 1. The Morgan fingerprint density at radius 1 is 0.966 bits per heavy atom. The van der Waals surface area contributed by atoms with Crippen molar-refractivity contribution in [3.63, 3.8) is 0 Å². The quantitative estimate of drug-likeness (QED) is 0.363. The lowest BCUT2D eigenvalue weighted by atomic mass is 9.53. The molecule has 0 saturated carbocycles. The maximum Gasteiger partial charge on any atom is 0.413 e. The number of benzene rings is 2. The van der Waals surface area contributed by atoms with Crippen LogP contribution < -0.4 is 14.8 Å². The highest BCUT2D eigenvalue weighted by atomic mass is 16.3. The first-order chi connectivity index (χ1) is 14.0. The van der Waals surface area contributed by atoms with Crippen LogP contribution in [-0.2, 0) is 7.05 Å². The van der Waals surface area contributed by atoms with Gasteiger partial charge in [0.15, 0.2) is 0 Å². The van der Waals surface area contributed by atoms with Crippen molar-refractivity contribution in [2.24, 2.45) is 7.05 Å². The second-order valence-corrected chi connectivity index (χ2v) is 7.91. The summed E-state index contributed by atoms with van der Waals surface area (Å²) in [7, 11) is 2.13. The summed E-state index contributed by atoms with van der Waals surface area (Å²) in [6.45, 7) is 6.78. The van der Waals surface area contributed by atoms with Crippen molar-refractivity contribution in [3.05, 3.63) is 83.9 Å². The number of hydrogen-bond donors (Lipinski definition) is 0. The zero-order valence-corrected chi connectivity index (χ0v) is 17.3. The molecule has 0 N–H and O–H groups in total. The van der Waals surface area contributed by atoms with Gasteiger partial charge in [0.05, 0.1) is 18.9 Å². The van der Waals surface area contributed by atoms with Crippen molar-refractivity contribution in [2.75, 3.05) is 4.81 Å². The fraction of sp³-hybridized carbons (Fsp3) is 0.160. The summed E-state index contributed by atoms with van der Waals surface area (Å²) < 4.78 is 8.37. The number of anilines is 1. The highest BCUT2D eigenvalue weighted by Gasteiger charge is 2.40. The molecular formula is C25H24BN2O+. The highest BCUT2D eigenvalue weighted by molar-refractivity contribution is 6.79. The summed E-state index contributed by atoms with van der Waals surface area (Å²) >= 11 is 0. The first-order valence-electron chi connectivity index (χ1n) is 10.1. The smallest absolute Gasteiger partial charge is 0.413 e. The minimum absolute atomic E-state index is 0.177. The summed E-state index contributed by atoms with van der Waals surface area (Å²) in [5.41, 5.74) is 7.17. The molecule has 5 rings (SSSR count). The molecule has 2 aromatic heterocycles. The molecule has 0 atom stereocenters. The Morgan fingerprint density at radius 3 is 2.48 bits per heavy atom. The Kier molecular flexibility index (Phi) is 4.09. The maximum atomic E-state index is 6.15. The zero-order valence-electron chi connectivity index (χ0n) is 17.3. The van der Waals surface area contributed by atoms with Gasteiger partial charge in [0.25, 0.3) is 5.82 Å². The number of furan rings is 1. The molecule has 3 nitrogen and oxygen atoms in total. The van der Waals surface area contributed by atoms with Gasteiger partial charge in [0, 0.05) is 23.0 Å². The van der Waals surface area contributed by atoms with E-state index in [1.807, 2.05) is 12.1 Å². The SMILES string of the molecule is CB1c2c(oc3ccccc23)C=C(C)N1c1cc(-c2ccccc2)c(C)c[n+]1C. The molecular weight excluding hydrogens is 355 g/mol. The Bertz CT molecular complexity index is 1260.